The lowest BCUT2D eigenvalue weighted by molar-refractivity contribution is -0.141. The molecule has 0 spiro atoms. The molecule has 4 rings (SSSR count). The Labute approximate surface area is 230 Å². The Balaban J connectivity index is 0.00000216. The lowest BCUT2D eigenvalue weighted by atomic mass is 9.81. The molecule has 2 unspecified atom stereocenters. The van der Waals surface area contributed by atoms with Crippen LogP contribution in [0.5, 0.6) is 0 Å². The van der Waals surface area contributed by atoms with E-state index in [1.165, 1.54) is 4.90 Å². The van der Waals surface area contributed by atoms with Gasteiger partial charge in [-0.05, 0) is 37.6 Å². The summed E-state index contributed by atoms with van der Waals surface area (Å²) in [6.45, 7) is 11.6. The zero-order valence-electron chi connectivity index (χ0n) is 22.7. The molecule has 2 aromatic heterocycles. The largest absolute Gasteiger partial charge is 0.433 e. The number of aromatic nitrogens is 4. The monoisotopic (exact) mass is 552 g/mol. The standard InChI is InChI=1S/C27H25F3N6O2.C2H6/c1-4-10-17(11-5-2)21-19-16-32-36(18-12-8-7-9-13-18)25(19)35(6-3)26(38)22(21)34-24(37)23-31-15-14-20(33-23)27(28,29)30;1-2/h4-5,7-16,21-22H,1,6H2,2-3H3,(H,34,37);1-2H3/b11-5-,17-10+;. The zero-order chi connectivity index (χ0) is 29.4. The number of carbonyl (C=O) groups excluding carboxylic acids is 2. The number of nitrogens with zero attached hydrogens (tertiary/aromatic N) is 5. The molecule has 3 aromatic rings. The predicted octanol–water partition coefficient (Wildman–Crippen LogP) is 5.64. The fraction of sp³-hybridized carbons (Fsp3) is 0.276. The van der Waals surface area contributed by atoms with Gasteiger partial charge in [-0.2, -0.15) is 18.3 Å². The van der Waals surface area contributed by atoms with E-state index in [2.05, 4.69) is 27.0 Å². The Morgan fingerprint density at radius 1 is 1.18 bits per heavy atom. The lowest BCUT2D eigenvalue weighted by Crippen LogP contribution is -2.55. The van der Waals surface area contributed by atoms with Crippen molar-refractivity contribution in [2.75, 3.05) is 11.4 Å². The number of para-hydroxylation sites is 1. The zero-order valence-corrected chi connectivity index (χ0v) is 22.7. The first-order valence-electron chi connectivity index (χ1n) is 12.8. The highest BCUT2D eigenvalue weighted by molar-refractivity contribution is 6.04. The average molecular weight is 553 g/mol. The van der Waals surface area contributed by atoms with Crippen molar-refractivity contribution in [3.05, 3.63) is 102 Å². The number of likely N-dealkylation sites (N-methyl/N-ethyl adjacent to an activating group) is 1. The van der Waals surface area contributed by atoms with E-state index in [1.54, 1.807) is 49.0 Å². The fourth-order valence-electron chi connectivity index (χ4n) is 4.44. The van der Waals surface area contributed by atoms with Crippen LogP contribution in [-0.4, -0.2) is 44.1 Å². The molecule has 40 heavy (non-hydrogen) atoms. The van der Waals surface area contributed by atoms with Gasteiger partial charge in [-0.15, -0.1) is 0 Å². The van der Waals surface area contributed by atoms with Crippen molar-refractivity contribution in [2.24, 2.45) is 0 Å². The van der Waals surface area contributed by atoms with E-state index in [0.29, 0.717) is 23.0 Å². The molecule has 0 saturated carbocycles. The SMILES string of the molecule is C=C/C=C(\C=C/C)C1c2cnn(-c3ccccc3)c2N(CC)C(=O)C1NC(=O)c1nccc(C(F)(F)F)n1.CC. The summed E-state index contributed by atoms with van der Waals surface area (Å²) < 4.78 is 41.2. The molecule has 3 heterocycles. The van der Waals surface area contributed by atoms with Crippen molar-refractivity contribution >= 4 is 17.6 Å². The van der Waals surface area contributed by atoms with E-state index < -0.39 is 41.5 Å². The Kier molecular flexibility index (Phi) is 9.76. The van der Waals surface area contributed by atoms with Gasteiger partial charge in [0.2, 0.25) is 5.82 Å². The molecular formula is C29H31F3N6O2. The number of nitrogens with one attached hydrogen (secondary N) is 1. The summed E-state index contributed by atoms with van der Waals surface area (Å²) in [4.78, 5) is 35.6. The van der Waals surface area contributed by atoms with Crippen LogP contribution in [-0.2, 0) is 11.0 Å². The number of hydrogen-bond donors (Lipinski definition) is 1. The minimum atomic E-state index is -4.76. The molecule has 0 bridgehead atoms. The number of halogens is 3. The highest BCUT2D eigenvalue weighted by Crippen LogP contribution is 2.42. The number of amides is 2. The van der Waals surface area contributed by atoms with Gasteiger partial charge >= 0.3 is 6.18 Å². The minimum absolute atomic E-state index is 0.258. The molecule has 8 nitrogen and oxygen atoms in total. The first kappa shape index (κ1) is 30.0. The van der Waals surface area contributed by atoms with Crippen LogP contribution in [0.4, 0.5) is 19.0 Å². The van der Waals surface area contributed by atoms with Gasteiger partial charge in [0.25, 0.3) is 11.8 Å². The van der Waals surface area contributed by atoms with Crippen LogP contribution in [0, 0.1) is 0 Å². The smallest absolute Gasteiger partial charge is 0.337 e. The molecule has 1 N–H and O–H groups in total. The average Bonchev–Trinajstić information content (AvgIpc) is 3.39. The van der Waals surface area contributed by atoms with E-state index in [0.717, 1.165) is 11.9 Å². The molecule has 0 saturated heterocycles. The van der Waals surface area contributed by atoms with E-state index in [9.17, 15) is 22.8 Å². The molecule has 2 atom stereocenters. The van der Waals surface area contributed by atoms with Gasteiger partial charge in [-0.25, -0.2) is 14.6 Å². The molecule has 0 radical (unpaired) electrons. The molecule has 210 valence electrons. The third kappa shape index (κ3) is 6.03. The van der Waals surface area contributed by atoms with Crippen LogP contribution < -0.4 is 10.2 Å². The Morgan fingerprint density at radius 3 is 2.48 bits per heavy atom. The predicted molar refractivity (Wildman–Crippen MR) is 147 cm³/mol. The summed E-state index contributed by atoms with van der Waals surface area (Å²) in [6.07, 6.45) is 4.56. The molecule has 1 aliphatic rings. The summed E-state index contributed by atoms with van der Waals surface area (Å²) in [5.41, 5.74) is 0.776. The highest BCUT2D eigenvalue weighted by atomic mass is 19.4. The lowest BCUT2D eigenvalue weighted by Gasteiger charge is -2.38. The number of anilines is 1. The van der Waals surface area contributed by atoms with Gasteiger partial charge < -0.3 is 5.32 Å². The van der Waals surface area contributed by atoms with Crippen LogP contribution >= 0.6 is 0 Å². The van der Waals surface area contributed by atoms with Gasteiger partial charge in [0.15, 0.2) is 0 Å². The number of hydrogen-bond acceptors (Lipinski definition) is 5. The number of rotatable bonds is 7. The molecule has 1 aliphatic heterocycles. The van der Waals surface area contributed by atoms with E-state index in [-0.39, 0.29) is 6.54 Å². The van der Waals surface area contributed by atoms with Gasteiger partial charge in [0.05, 0.1) is 11.9 Å². The third-order valence-corrected chi connectivity index (χ3v) is 6.01. The first-order chi connectivity index (χ1) is 19.2. The van der Waals surface area contributed by atoms with Gasteiger partial charge in [0, 0.05) is 24.2 Å². The normalized spacial score (nSPS) is 17.2. The first-order valence-corrected chi connectivity index (χ1v) is 12.8. The van der Waals surface area contributed by atoms with Crippen molar-refractivity contribution in [3.8, 4) is 5.69 Å². The number of benzene rings is 1. The van der Waals surface area contributed by atoms with Crippen LogP contribution in [0.15, 0.2) is 85.2 Å². The summed E-state index contributed by atoms with van der Waals surface area (Å²) in [7, 11) is 0. The number of alkyl halides is 3. The summed E-state index contributed by atoms with van der Waals surface area (Å²) in [5.74, 6) is -2.34. The second kappa shape index (κ2) is 13.0. The Bertz CT molecular complexity index is 1410. The van der Waals surface area contributed by atoms with Crippen molar-refractivity contribution in [3.63, 3.8) is 0 Å². The molecular weight excluding hydrogens is 521 g/mol. The number of carbonyl (C=O) groups is 2. The van der Waals surface area contributed by atoms with Crippen LogP contribution in [0.1, 0.15) is 55.5 Å². The van der Waals surface area contributed by atoms with Gasteiger partial charge in [-0.1, -0.05) is 62.9 Å². The maximum absolute atomic E-state index is 13.9. The molecule has 11 heteroatoms. The van der Waals surface area contributed by atoms with Crippen molar-refractivity contribution in [1.29, 1.82) is 0 Å². The highest BCUT2D eigenvalue weighted by Gasteiger charge is 2.45. The summed E-state index contributed by atoms with van der Waals surface area (Å²) in [5, 5.41) is 7.14. The van der Waals surface area contributed by atoms with Crippen molar-refractivity contribution < 1.29 is 22.8 Å². The maximum Gasteiger partial charge on any atom is 0.433 e. The van der Waals surface area contributed by atoms with Gasteiger partial charge in [-0.3, -0.25) is 14.5 Å². The topological polar surface area (TPSA) is 93.0 Å². The third-order valence-electron chi connectivity index (χ3n) is 6.01. The fourth-order valence-corrected chi connectivity index (χ4v) is 4.44. The molecule has 2 amide bonds. The number of fused-ring (bicyclic) bond motifs is 1. The maximum atomic E-state index is 13.9. The van der Waals surface area contributed by atoms with E-state index in [4.69, 9.17) is 0 Å². The van der Waals surface area contributed by atoms with E-state index in [1.807, 2.05) is 44.2 Å². The quantitative estimate of drug-likeness (QED) is 0.383. The molecule has 1 aromatic carbocycles. The van der Waals surface area contributed by atoms with Crippen LogP contribution in [0.3, 0.4) is 0 Å². The minimum Gasteiger partial charge on any atom is -0.337 e. The van der Waals surface area contributed by atoms with E-state index >= 15 is 0 Å². The van der Waals surface area contributed by atoms with Crippen molar-refractivity contribution in [1.82, 2.24) is 25.1 Å². The van der Waals surface area contributed by atoms with Crippen LogP contribution in [0.2, 0.25) is 0 Å². The Hall–Kier alpha value is -4.54. The van der Waals surface area contributed by atoms with Crippen molar-refractivity contribution in [2.45, 2.75) is 45.8 Å². The van der Waals surface area contributed by atoms with Gasteiger partial charge in [0.1, 0.15) is 17.6 Å². The second-order valence-corrected chi connectivity index (χ2v) is 8.35. The molecule has 0 aliphatic carbocycles. The summed E-state index contributed by atoms with van der Waals surface area (Å²) in [6, 6.07) is 8.77. The second-order valence-electron chi connectivity index (χ2n) is 8.35. The Morgan fingerprint density at radius 2 is 1.88 bits per heavy atom. The number of allylic oxidation sites excluding steroid dienone is 4. The molecule has 0 fully saturated rings. The van der Waals surface area contributed by atoms with Crippen LogP contribution in [0.25, 0.3) is 5.69 Å². The summed E-state index contributed by atoms with van der Waals surface area (Å²) >= 11 is 0.